The number of nitrogens with zero attached hydrogens (tertiary/aromatic N) is 8. The molecule has 0 aliphatic heterocycles. The molecule has 0 unspecified atom stereocenters. The average Bonchev–Trinajstić information content (AvgIpc) is 1.47. The van der Waals surface area contributed by atoms with E-state index in [0.717, 1.165) is 127 Å². The minimum atomic E-state index is 0. The maximum absolute atomic E-state index is 6.80. The van der Waals surface area contributed by atoms with Crippen molar-refractivity contribution in [1.82, 2.24) is 37.9 Å². The molecule has 0 atom stereocenters. The van der Waals surface area contributed by atoms with E-state index in [-0.39, 0.29) is 40.8 Å². The van der Waals surface area contributed by atoms with Gasteiger partial charge in [0.2, 0.25) is 0 Å². The van der Waals surface area contributed by atoms with Gasteiger partial charge in [0.05, 0.1) is 33.4 Å². The van der Waals surface area contributed by atoms with Crippen molar-refractivity contribution >= 4 is 120 Å². The summed E-state index contributed by atoms with van der Waals surface area (Å²) in [4.78, 5) is 20.0. The van der Waals surface area contributed by atoms with Crippen LogP contribution in [0.1, 0.15) is 152 Å². The summed E-state index contributed by atoms with van der Waals surface area (Å²) in [5.74, 6) is 6.15. The summed E-state index contributed by atoms with van der Waals surface area (Å²) in [5, 5.41) is 10.8. The Morgan fingerprint density at radius 1 is 0.283 bits per heavy atom. The number of rotatable bonds is 15. The Kier molecular flexibility index (Phi) is 20.8. The number of ether oxygens (including phenoxy) is 2. The molecule has 13 aromatic carbocycles. The van der Waals surface area contributed by atoms with Crippen molar-refractivity contribution in [2.45, 2.75) is 119 Å². The molecule has 8 heterocycles. The van der Waals surface area contributed by atoms with E-state index >= 15 is 0 Å². The molecule has 0 N–H and O–H groups in total. The second-order valence-corrected chi connectivity index (χ2v) is 33.2. The van der Waals surface area contributed by atoms with Crippen LogP contribution in [0.15, 0.2) is 279 Å². The standard InChI is InChI=1S/C60H52N4O.C48H36N4O.2Pd/c1-35(2)42-18-15-19-43(36(3)4)57(42)39-31-50(58-44(37(5)6)20-16-21-45(58)38(7)8)59-48-29-27-40(33-49(48)60-62-51-22-10-12-24-53(51)64(60)55(59)32-39)65-41-26-28-47-46-17-9-11-23-52(46)63(54(47)34-41)56-25-13-14-30-61-56;1-29(2)34-13-11-14-35(30(3)4)47(34)31-19-22-38-36-23-20-32(27-40(36)48-50-41-15-6-8-17-43(41)52(48)44(38)26-31)53-33-21-24-39-37-12-5-7-16-42(37)51(45(39)28-33)46-18-9-10-25-49-46;;/h9-32,35-38H,1-8H3;5-26,29-30H,1-4H3;;/q2*-2;2*+2. The molecule has 21 aromatic rings. The van der Waals surface area contributed by atoms with Crippen molar-refractivity contribution in [2.24, 2.45) is 0 Å². The van der Waals surface area contributed by atoms with Crippen molar-refractivity contribution in [1.29, 1.82) is 0 Å². The van der Waals surface area contributed by atoms with Crippen LogP contribution in [0, 0.1) is 24.3 Å². The number of para-hydroxylation sites is 6. The van der Waals surface area contributed by atoms with Crippen molar-refractivity contribution in [3.05, 3.63) is 337 Å². The first kappa shape index (κ1) is 78.8. The van der Waals surface area contributed by atoms with E-state index in [2.05, 4.69) is 337 Å². The van der Waals surface area contributed by atoms with Gasteiger partial charge in [-0.2, -0.15) is 12.1 Å². The quantitative estimate of drug-likeness (QED) is 0.0577. The molecule has 8 aromatic heterocycles. The maximum atomic E-state index is 6.80. The molecular weight excluding hydrogens is 1650 g/mol. The second-order valence-electron chi connectivity index (χ2n) is 33.2. The van der Waals surface area contributed by atoms with Crippen molar-refractivity contribution in [3.8, 4) is 68.0 Å². The summed E-state index contributed by atoms with van der Waals surface area (Å²) in [5.41, 5.74) is 27.7. The van der Waals surface area contributed by atoms with Crippen LogP contribution >= 0.6 is 0 Å². The number of aromatic nitrogens is 8. The van der Waals surface area contributed by atoms with E-state index in [4.69, 9.17) is 24.4 Å². The zero-order valence-electron chi connectivity index (χ0n) is 69.0. The van der Waals surface area contributed by atoms with E-state index in [1.54, 1.807) is 0 Å². The zero-order valence-corrected chi connectivity index (χ0v) is 72.2. The van der Waals surface area contributed by atoms with Gasteiger partial charge in [0.15, 0.2) is 0 Å². The smallest absolute Gasteiger partial charge is 0.503 e. The summed E-state index contributed by atoms with van der Waals surface area (Å²) in [7, 11) is 0. The van der Waals surface area contributed by atoms with Gasteiger partial charge < -0.3 is 27.4 Å². The van der Waals surface area contributed by atoms with Crippen molar-refractivity contribution < 1.29 is 50.3 Å². The largest absolute Gasteiger partial charge is 2.00 e. The van der Waals surface area contributed by atoms with Crippen LogP contribution in [0.5, 0.6) is 23.0 Å². The fourth-order valence-electron chi connectivity index (χ4n) is 18.4. The number of imidazole rings is 2. The molecule has 592 valence electrons. The molecular formula is C108H88N8O2Pd2. The van der Waals surface area contributed by atoms with Gasteiger partial charge in [-0.15, -0.1) is 59.3 Å². The fraction of sp³-hybridized carbons (Fsp3) is 0.167. The van der Waals surface area contributed by atoms with Gasteiger partial charge >= 0.3 is 40.8 Å². The zero-order chi connectivity index (χ0) is 80.5. The van der Waals surface area contributed by atoms with Crippen LogP contribution in [-0.4, -0.2) is 37.9 Å². The summed E-state index contributed by atoms with van der Waals surface area (Å²) in [6.07, 6.45) is 3.65. The number of hydrogen-bond acceptors (Lipinski definition) is 6. The molecule has 0 aliphatic carbocycles. The molecule has 0 spiro atoms. The minimum absolute atomic E-state index is 0. The van der Waals surface area contributed by atoms with Gasteiger partial charge in [-0.25, -0.2) is 9.97 Å². The minimum Gasteiger partial charge on any atom is -0.503 e. The van der Waals surface area contributed by atoms with Crippen molar-refractivity contribution in [3.63, 3.8) is 0 Å². The van der Waals surface area contributed by atoms with E-state index in [0.29, 0.717) is 58.5 Å². The predicted octanol–water partition coefficient (Wildman–Crippen LogP) is 29.1. The topological polar surface area (TPSA) is 88.7 Å². The molecule has 0 radical (unpaired) electrons. The first-order chi connectivity index (χ1) is 57.5. The van der Waals surface area contributed by atoms with Crippen LogP contribution in [0.2, 0.25) is 0 Å². The van der Waals surface area contributed by atoms with E-state index in [9.17, 15) is 0 Å². The van der Waals surface area contributed by atoms with Crippen molar-refractivity contribution in [2.75, 3.05) is 0 Å². The molecule has 10 nitrogen and oxygen atoms in total. The predicted molar refractivity (Wildman–Crippen MR) is 489 cm³/mol. The monoisotopic (exact) mass is 1740 g/mol. The molecule has 0 saturated heterocycles. The summed E-state index contributed by atoms with van der Waals surface area (Å²) >= 11 is 0. The van der Waals surface area contributed by atoms with Crippen LogP contribution in [0.3, 0.4) is 0 Å². The fourth-order valence-corrected chi connectivity index (χ4v) is 18.4. The van der Waals surface area contributed by atoms with Gasteiger partial charge in [-0.1, -0.05) is 267 Å². The van der Waals surface area contributed by atoms with Gasteiger partial charge in [-0.05, 0) is 203 Å². The first-order valence-corrected chi connectivity index (χ1v) is 41.4. The van der Waals surface area contributed by atoms with Crippen LogP contribution in [0.25, 0.3) is 165 Å². The Labute approximate surface area is 726 Å². The summed E-state index contributed by atoms with van der Waals surface area (Å²) < 4.78 is 22.4. The third kappa shape index (κ3) is 13.3. The molecule has 120 heavy (non-hydrogen) atoms. The van der Waals surface area contributed by atoms with E-state index in [1.165, 1.54) is 72.1 Å². The van der Waals surface area contributed by atoms with Gasteiger partial charge in [0.1, 0.15) is 11.6 Å². The second kappa shape index (κ2) is 31.7. The third-order valence-corrected chi connectivity index (χ3v) is 23.8. The third-order valence-electron chi connectivity index (χ3n) is 23.8. The van der Waals surface area contributed by atoms with E-state index < -0.39 is 0 Å². The normalized spacial score (nSPS) is 12.0. The molecule has 0 saturated carbocycles. The number of hydrogen-bond donors (Lipinski definition) is 0. The number of pyridine rings is 4. The maximum Gasteiger partial charge on any atom is 2.00 e. The van der Waals surface area contributed by atoms with Crippen LogP contribution < -0.4 is 9.47 Å². The average molecular weight is 1740 g/mol. The Morgan fingerprint density at radius 2 is 0.642 bits per heavy atom. The van der Waals surface area contributed by atoms with Crippen LogP contribution in [0.4, 0.5) is 0 Å². The number of benzene rings is 13. The van der Waals surface area contributed by atoms with E-state index in [1.807, 2.05) is 73.1 Å². The summed E-state index contributed by atoms with van der Waals surface area (Å²) in [6.45, 7) is 27.7. The molecule has 0 amide bonds. The van der Waals surface area contributed by atoms with Gasteiger partial charge in [0.25, 0.3) is 0 Å². The summed E-state index contributed by atoms with van der Waals surface area (Å²) in [6, 6.07) is 109. The molecule has 12 heteroatoms. The molecule has 0 fully saturated rings. The van der Waals surface area contributed by atoms with Gasteiger partial charge in [-0.3, -0.25) is 9.97 Å². The Bertz CT molecular complexity index is 7520. The van der Waals surface area contributed by atoms with Crippen LogP contribution in [-0.2, 0) is 40.8 Å². The Hall–Kier alpha value is -12.4. The Balaban J connectivity index is 0.000000165. The molecule has 21 rings (SSSR count). The van der Waals surface area contributed by atoms with Gasteiger partial charge in [0, 0.05) is 57.5 Å². The molecule has 0 bridgehead atoms. The number of fused-ring (bicyclic) bond motifs is 22. The first-order valence-electron chi connectivity index (χ1n) is 41.4. The molecule has 0 aliphatic rings. The SMILES string of the molecule is CC(C)c1cccc(C(C)C)c1-c1cc(-c2c(C(C)C)cccc2C(C)C)c2c3ccc(Oc4[c-]c5c(cc4)c4ccccc4n5-c4ccccn4)[c-]c3c3nc4ccccc4n3c2c1.CC(C)c1cccc(C(C)C)c1-c1ccc2c3ccc(Oc4[c-]c5c(cc4)c4ccccc4n5-c4ccccn4)[c-]c3c3nc4ccccc4n3c2c1.[Pd+2].[Pd+2]. The Morgan fingerprint density at radius 3 is 1.09 bits per heavy atom.